The van der Waals surface area contributed by atoms with Gasteiger partial charge in [0.1, 0.15) is 5.82 Å². The highest BCUT2D eigenvalue weighted by molar-refractivity contribution is 6.00. The first kappa shape index (κ1) is 8.23. The number of fused-ring (bicyclic) bond motifs is 1. The molecule has 0 N–H and O–H groups in total. The van der Waals surface area contributed by atoms with Crippen molar-refractivity contribution in [2.24, 2.45) is 0 Å². The van der Waals surface area contributed by atoms with E-state index < -0.39 is 0 Å². The number of amides is 1. The van der Waals surface area contributed by atoms with Gasteiger partial charge in [-0.1, -0.05) is 6.07 Å². The van der Waals surface area contributed by atoms with Crippen LogP contribution in [-0.4, -0.2) is 13.0 Å². The van der Waals surface area contributed by atoms with Crippen LogP contribution in [0.4, 0.5) is 10.1 Å². The molecule has 0 unspecified atom stereocenters. The zero-order valence-corrected chi connectivity index (χ0v) is 7.60. The lowest BCUT2D eigenvalue weighted by Crippen LogP contribution is -2.20. The van der Waals surface area contributed by atoms with Crippen molar-refractivity contribution in [3.63, 3.8) is 0 Å². The number of carbonyl (C=O) groups is 1. The maximum atomic E-state index is 13.1. The standard InChI is InChI=1S/C10H10FNO/c1-6-3-7-4-10(13)12(2)9(7)5-8(6)11/h3,5H,4H2,1-2H3. The number of hydrogen-bond acceptors (Lipinski definition) is 1. The zero-order chi connectivity index (χ0) is 9.59. The number of nitrogens with zero attached hydrogens (tertiary/aromatic N) is 1. The van der Waals surface area contributed by atoms with Crippen LogP contribution < -0.4 is 4.90 Å². The minimum absolute atomic E-state index is 0.0278. The lowest BCUT2D eigenvalue weighted by Gasteiger charge is -2.10. The third-order valence-electron chi connectivity index (χ3n) is 2.44. The van der Waals surface area contributed by atoms with Gasteiger partial charge in [0.15, 0.2) is 0 Å². The molecule has 0 aliphatic carbocycles. The number of halogens is 1. The van der Waals surface area contributed by atoms with Gasteiger partial charge in [-0.15, -0.1) is 0 Å². The molecule has 68 valence electrons. The van der Waals surface area contributed by atoms with Gasteiger partial charge >= 0.3 is 0 Å². The molecular weight excluding hydrogens is 169 g/mol. The van der Waals surface area contributed by atoms with Crippen LogP contribution in [0.15, 0.2) is 12.1 Å². The third kappa shape index (κ3) is 1.11. The predicted octanol–water partition coefficient (Wildman–Crippen LogP) is 1.65. The molecule has 2 rings (SSSR count). The second-order valence-corrected chi connectivity index (χ2v) is 3.36. The van der Waals surface area contributed by atoms with Crippen LogP contribution in [0.1, 0.15) is 11.1 Å². The molecule has 0 saturated carbocycles. The lowest BCUT2D eigenvalue weighted by atomic mass is 10.1. The van der Waals surface area contributed by atoms with E-state index >= 15 is 0 Å². The average molecular weight is 179 g/mol. The number of anilines is 1. The molecule has 0 atom stereocenters. The SMILES string of the molecule is Cc1cc2c(cc1F)N(C)C(=O)C2. The first-order valence-electron chi connectivity index (χ1n) is 4.15. The Morgan fingerprint density at radius 2 is 2.15 bits per heavy atom. The van der Waals surface area contributed by atoms with Crippen molar-refractivity contribution in [2.75, 3.05) is 11.9 Å². The molecule has 1 amide bonds. The van der Waals surface area contributed by atoms with E-state index in [-0.39, 0.29) is 11.7 Å². The quantitative estimate of drug-likeness (QED) is 0.593. The minimum Gasteiger partial charge on any atom is -0.315 e. The molecule has 0 fully saturated rings. The molecule has 0 radical (unpaired) electrons. The number of likely N-dealkylation sites (N-methyl/N-ethyl adjacent to an activating group) is 1. The van der Waals surface area contributed by atoms with E-state index in [1.165, 1.54) is 11.0 Å². The topological polar surface area (TPSA) is 20.3 Å². The summed E-state index contributed by atoms with van der Waals surface area (Å²) in [5.74, 6) is -0.222. The summed E-state index contributed by atoms with van der Waals surface area (Å²) in [6, 6.07) is 3.17. The molecule has 0 bridgehead atoms. The summed E-state index contributed by atoms with van der Waals surface area (Å²) in [7, 11) is 1.67. The van der Waals surface area contributed by atoms with Crippen LogP contribution in [0, 0.1) is 12.7 Å². The van der Waals surface area contributed by atoms with E-state index in [0.29, 0.717) is 17.7 Å². The zero-order valence-electron chi connectivity index (χ0n) is 7.60. The van der Waals surface area contributed by atoms with Crippen molar-refractivity contribution in [1.82, 2.24) is 0 Å². The normalized spacial score (nSPS) is 15.0. The highest BCUT2D eigenvalue weighted by atomic mass is 19.1. The van der Waals surface area contributed by atoms with Crippen LogP contribution in [0.25, 0.3) is 0 Å². The molecule has 1 aliphatic heterocycles. The first-order valence-corrected chi connectivity index (χ1v) is 4.15. The van der Waals surface area contributed by atoms with Crippen molar-refractivity contribution < 1.29 is 9.18 Å². The van der Waals surface area contributed by atoms with E-state index in [4.69, 9.17) is 0 Å². The van der Waals surface area contributed by atoms with Gasteiger partial charge < -0.3 is 4.90 Å². The van der Waals surface area contributed by atoms with E-state index in [1.807, 2.05) is 0 Å². The fourth-order valence-corrected chi connectivity index (χ4v) is 1.60. The number of aryl methyl sites for hydroxylation is 1. The molecule has 1 aromatic carbocycles. The molecule has 1 heterocycles. The van der Waals surface area contributed by atoms with Crippen LogP contribution in [-0.2, 0) is 11.2 Å². The Bertz CT molecular complexity index is 387. The monoisotopic (exact) mass is 179 g/mol. The Morgan fingerprint density at radius 3 is 2.85 bits per heavy atom. The Morgan fingerprint density at radius 1 is 1.46 bits per heavy atom. The average Bonchev–Trinajstić information content (AvgIpc) is 2.32. The summed E-state index contributed by atoms with van der Waals surface area (Å²) in [5, 5.41) is 0. The molecule has 1 aliphatic rings. The van der Waals surface area contributed by atoms with E-state index in [9.17, 15) is 9.18 Å². The number of hydrogen-bond donors (Lipinski definition) is 0. The second kappa shape index (κ2) is 2.55. The molecule has 3 heteroatoms. The van der Waals surface area contributed by atoms with Crippen molar-refractivity contribution in [3.8, 4) is 0 Å². The van der Waals surface area contributed by atoms with Crippen LogP contribution in [0.2, 0.25) is 0 Å². The van der Waals surface area contributed by atoms with Crippen molar-refractivity contribution >= 4 is 11.6 Å². The van der Waals surface area contributed by atoms with Crippen LogP contribution in [0.5, 0.6) is 0 Å². The van der Waals surface area contributed by atoms with Crippen LogP contribution >= 0.6 is 0 Å². The van der Waals surface area contributed by atoms with Crippen molar-refractivity contribution in [2.45, 2.75) is 13.3 Å². The summed E-state index contributed by atoms with van der Waals surface area (Å²) >= 11 is 0. The third-order valence-corrected chi connectivity index (χ3v) is 2.44. The largest absolute Gasteiger partial charge is 0.315 e. The predicted molar refractivity (Wildman–Crippen MR) is 48.3 cm³/mol. The Labute approximate surface area is 76.0 Å². The molecule has 1 aromatic rings. The van der Waals surface area contributed by atoms with Gasteiger partial charge in [-0.05, 0) is 24.1 Å². The van der Waals surface area contributed by atoms with Gasteiger partial charge in [0.05, 0.1) is 6.42 Å². The van der Waals surface area contributed by atoms with E-state index in [1.54, 1.807) is 20.0 Å². The Hall–Kier alpha value is -1.38. The van der Waals surface area contributed by atoms with Gasteiger partial charge in [0.2, 0.25) is 5.91 Å². The van der Waals surface area contributed by atoms with E-state index in [2.05, 4.69) is 0 Å². The summed E-state index contributed by atoms with van der Waals surface area (Å²) in [6.07, 6.45) is 0.396. The molecular formula is C10H10FNO. The van der Waals surface area contributed by atoms with Gasteiger partial charge in [-0.2, -0.15) is 0 Å². The summed E-state index contributed by atoms with van der Waals surface area (Å²) in [6.45, 7) is 1.71. The smallest absolute Gasteiger partial charge is 0.231 e. The maximum absolute atomic E-state index is 13.1. The van der Waals surface area contributed by atoms with Gasteiger partial charge in [0.25, 0.3) is 0 Å². The molecule has 0 saturated heterocycles. The lowest BCUT2D eigenvalue weighted by molar-refractivity contribution is -0.117. The van der Waals surface area contributed by atoms with Gasteiger partial charge in [-0.25, -0.2) is 4.39 Å². The number of rotatable bonds is 0. The van der Waals surface area contributed by atoms with Crippen molar-refractivity contribution in [3.05, 3.63) is 29.1 Å². The summed E-state index contributed by atoms with van der Waals surface area (Å²) in [4.78, 5) is 12.8. The van der Waals surface area contributed by atoms with Gasteiger partial charge in [0, 0.05) is 12.7 Å². The van der Waals surface area contributed by atoms with E-state index in [0.717, 1.165) is 5.56 Å². The molecule has 0 spiro atoms. The fourth-order valence-electron chi connectivity index (χ4n) is 1.60. The number of carbonyl (C=O) groups excluding carboxylic acids is 1. The second-order valence-electron chi connectivity index (χ2n) is 3.36. The highest BCUT2D eigenvalue weighted by Gasteiger charge is 2.24. The fraction of sp³-hybridized carbons (Fsp3) is 0.300. The maximum Gasteiger partial charge on any atom is 0.231 e. The van der Waals surface area contributed by atoms with Gasteiger partial charge in [-0.3, -0.25) is 4.79 Å². The first-order chi connectivity index (χ1) is 6.09. The van der Waals surface area contributed by atoms with Crippen molar-refractivity contribution in [1.29, 1.82) is 0 Å². The molecule has 2 nitrogen and oxygen atoms in total. The summed E-state index contributed by atoms with van der Waals surface area (Å²) in [5.41, 5.74) is 2.22. The molecule has 13 heavy (non-hydrogen) atoms. The van der Waals surface area contributed by atoms with Crippen LogP contribution in [0.3, 0.4) is 0 Å². The minimum atomic E-state index is -0.250. The number of benzene rings is 1. The molecule has 0 aromatic heterocycles. The Balaban J connectivity index is 2.59. The summed E-state index contributed by atoms with van der Waals surface area (Å²) < 4.78 is 13.1. The highest BCUT2D eigenvalue weighted by Crippen LogP contribution is 2.29. The Kier molecular flexibility index (Phi) is 1.62.